The normalized spacial score (nSPS) is 13.8. The molecule has 1 aliphatic heterocycles. The number of hydrogen-bond acceptors (Lipinski definition) is 13. The van der Waals surface area contributed by atoms with Gasteiger partial charge in [0, 0.05) is 0 Å². The minimum atomic E-state index is -0.354. The fourth-order valence-corrected chi connectivity index (χ4v) is 3.95. The molecule has 2 rings (SSSR count). The lowest BCUT2D eigenvalue weighted by atomic mass is 10.1. The maximum Gasteiger partial charge on any atom is 0.338 e. The van der Waals surface area contributed by atoms with Crippen LogP contribution in [-0.4, -0.2) is 157 Å². The van der Waals surface area contributed by atoms with Crippen LogP contribution in [0.3, 0.4) is 0 Å². The number of piperidine rings is 1. The molecule has 0 aromatic heterocycles. The first-order chi connectivity index (χ1) is 22.4. The molecular formula is C32H55NO12. The number of benzene rings is 1. The predicted molar refractivity (Wildman–Crippen MR) is 166 cm³/mol. The molecule has 1 saturated heterocycles. The molecule has 260 valence electrons. The maximum atomic E-state index is 11.8. The van der Waals surface area contributed by atoms with E-state index in [4.69, 9.17) is 52.1 Å². The summed E-state index contributed by atoms with van der Waals surface area (Å²) in [6, 6.07) is 8.86. The van der Waals surface area contributed by atoms with E-state index in [0.29, 0.717) is 137 Å². The van der Waals surface area contributed by atoms with E-state index in [2.05, 4.69) is 5.32 Å². The Morgan fingerprint density at radius 1 is 0.489 bits per heavy atom. The third kappa shape index (κ3) is 25.1. The SMILES string of the molecule is O=C(OCCOCCOCCOCCOCCOCCOCCOCCOCCOCCOC1CCNCC1)c1ccccc1. The maximum absolute atomic E-state index is 11.8. The van der Waals surface area contributed by atoms with Gasteiger partial charge in [0.05, 0.1) is 137 Å². The highest BCUT2D eigenvalue weighted by Gasteiger charge is 2.12. The summed E-state index contributed by atoms with van der Waals surface area (Å²) >= 11 is 0. The van der Waals surface area contributed by atoms with E-state index < -0.39 is 0 Å². The summed E-state index contributed by atoms with van der Waals surface area (Å²) in [6.45, 7) is 11.9. The van der Waals surface area contributed by atoms with E-state index in [1.807, 2.05) is 6.07 Å². The molecule has 45 heavy (non-hydrogen) atoms. The van der Waals surface area contributed by atoms with Gasteiger partial charge in [-0.25, -0.2) is 4.79 Å². The van der Waals surface area contributed by atoms with Crippen LogP contribution in [0.2, 0.25) is 0 Å². The average molecular weight is 646 g/mol. The van der Waals surface area contributed by atoms with Crippen LogP contribution in [0.25, 0.3) is 0 Å². The Kier molecular flexibility index (Phi) is 27.1. The molecule has 1 aliphatic rings. The standard InChI is InChI=1S/C32H55NO12/c34-32(30-4-2-1-3-5-30)45-29-27-43-25-23-41-21-19-39-17-15-37-13-11-35-10-12-36-14-16-38-18-20-40-22-24-42-26-28-44-31-6-8-33-9-7-31/h1-5,31,33H,6-29H2. The van der Waals surface area contributed by atoms with Crippen molar-refractivity contribution in [3.05, 3.63) is 35.9 Å². The highest BCUT2D eigenvalue weighted by atomic mass is 16.6. The molecule has 0 radical (unpaired) electrons. The predicted octanol–water partition coefficient (Wildman–Crippen LogP) is 1.76. The minimum absolute atomic E-state index is 0.204. The molecule has 0 bridgehead atoms. The first-order valence-electron chi connectivity index (χ1n) is 16.1. The quantitative estimate of drug-likeness (QED) is 0.0903. The van der Waals surface area contributed by atoms with Gasteiger partial charge in [0.1, 0.15) is 6.61 Å². The Bertz CT molecular complexity index is 770. The average Bonchev–Trinajstić information content (AvgIpc) is 3.08. The van der Waals surface area contributed by atoms with Crippen LogP contribution < -0.4 is 5.32 Å². The van der Waals surface area contributed by atoms with Crippen molar-refractivity contribution >= 4 is 5.97 Å². The molecular weight excluding hydrogens is 590 g/mol. The Balaban J connectivity index is 1.15. The number of rotatable bonds is 32. The van der Waals surface area contributed by atoms with Crippen LogP contribution in [0.4, 0.5) is 0 Å². The summed E-state index contributed by atoms with van der Waals surface area (Å²) in [5.41, 5.74) is 0.527. The van der Waals surface area contributed by atoms with Crippen molar-refractivity contribution in [2.24, 2.45) is 0 Å². The summed E-state index contributed by atoms with van der Waals surface area (Å²) in [5.74, 6) is -0.354. The van der Waals surface area contributed by atoms with Crippen LogP contribution in [0.5, 0.6) is 0 Å². The van der Waals surface area contributed by atoms with Gasteiger partial charge in [0.2, 0.25) is 0 Å². The van der Waals surface area contributed by atoms with E-state index in [9.17, 15) is 4.79 Å². The van der Waals surface area contributed by atoms with Gasteiger partial charge >= 0.3 is 5.97 Å². The smallest absolute Gasteiger partial charge is 0.338 e. The summed E-state index contributed by atoms with van der Waals surface area (Å²) in [6.07, 6.45) is 2.52. The van der Waals surface area contributed by atoms with Gasteiger partial charge in [0.25, 0.3) is 0 Å². The molecule has 0 spiro atoms. The summed E-state index contributed by atoms with van der Waals surface area (Å²) in [7, 11) is 0. The number of carbonyl (C=O) groups is 1. The minimum Gasteiger partial charge on any atom is -0.460 e. The second-order valence-corrected chi connectivity index (χ2v) is 9.83. The van der Waals surface area contributed by atoms with Crippen LogP contribution in [0.1, 0.15) is 23.2 Å². The molecule has 0 unspecified atom stereocenters. The topological polar surface area (TPSA) is 131 Å². The molecule has 0 atom stereocenters. The second-order valence-electron chi connectivity index (χ2n) is 9.83. The second kappa shape index (κ2) is 30.9. The van der Waals surface area contributed by atoms with Crippen molar-refractivity contribution in [3.63, 3.8) is 0 Å². The van der Waals surface area contributed by atoms with Gasteiger partial charge in [-0.2, -0.15) is 0 Å². The molecule has 13 heteroatoms. The largest absolute Gasteiger partial charge is 0.460 e. The fraction of sp³-hybridized carbons (Fsp3) is 0.781. The van der Waals surface area contributed by atoms with Crippen LogP contribution in [-0.2, 0) is 52.1 Å². The number of hydrogen-bond donors (Lipinski definition) is 1. The molecule has 1 aromatic carbocycles. The number of nitrogens with one attached hydrogen (secondary N) is 1. The Morgan fingerprint density at radius 2 is 0.822 bits per heavy atom. The Morgan fingerprint density at radius 3 is 1.20 bits per heavy atom. The van der Waals surface area contributed by atoms with Crippen molar-refractivity contribution < 1.29 is 56.9 Å². The summed E-state index contributed by atoms with van der Waals surface area (Å²) < 4.78 is 60.1. The van der Waals surface area contributed by atoms with Crippen LogP contribution >= 0.6 is 0 Å². The highest BCUT2D eigenvalue weighted by Crippen LogP contribution is 2.06. The van der Waals surface area contributed by atoms with Gasteiger partial charge in [-0.15, -0.1) is 0 Å². The lowest BCUT2D eigenvalue weighted by molar-refractivity contribution is -0.0323. The van der Waals surface area contributed by atoms with Crippen molar-refractivity contribution in [2.45, 2.75) is 18.9 Å². The zero-order chi connectivity index (χ0) is 31.7. The van der Waals surface area contributed by atoms with Crippen molar-refractivity contribution in [1.82, 2.24) is 5.32 Å². The van der Waals surface area contributed by atoms with Crippen LogP contribution in [0.15, 0.2) is 30.3 Å². The fourth-order valence-electron chi connectivity index (χ4n) is 3.95. The zero-order valence-electron chi connectivity index (χ0n) is 26.8. The van der Waals surface area contributed by atoms with E-state index >= 15 is 0 Å². The van der Waals surface area contributed by atoms with Gasteiger partial charge in [-0.1, -0.05) is 18.2 Å². The molecule has 1 fully saturated rings. The van der Waals surface area contributed by atoms with E-state index in [0.717, 1.165) is 25.9 Å². The highest BCUT2D eigenvalue weighted by molar-refractivity contribution is 5.89. The van der Waals surface area contributed by atoms with E-state index in [1.165, 1.54) is 0 Å². The number of esters is 1. The summed E-state index contributed by atoms with van der Waals surface area (Å²) in [4.78, 5) is 11.8. The lowest BCUT2D eigenvalue weighted by Gasteiger charge is -2.22. The van der Waals surface area contributed by atoms with Gasteiger partial charge in [0.15, 0.2) is 0 Å². The van der Waals surface area contributed by atoms with E-state index in [1.54, 1.807) is 24.3 Å². The van der Waals surface area contributed by atoms with E-state index in [-0.39, 0.29) is 12.6 Å². The van der Waals surface area contributed by atoms with Crippen LogP contribution in [0, 0.1) is 0 Å². The molecule has 0 aliphatic carbocycles. The van der Waals surface area contributed by atoms with Crippen molar-refractivity contribution in [3.8, 4) is 0 Å². The Labute approximate surface area is 268 Å². The zero-order valence-corrected chi connectivity index (χ0v) is 26.8. The van der Waals surface area contributed by atoms with Crippen molar-refractivity contribution in [2.75, 3.05) is 145 Å². The van der Waals surface area contributed by atoms with Gasteiger partial charge < -0.3 is 57.4 Å². The molecule has 0 saturated carbocycles. The third-order valence-electron chi connectivity index (χ3n) is 6.31. The number of carbonyl (C=O) groups excluding carboxylic acids is 1. The lowest BCUT2D eigenvalue weighted by Crippen LogP contribution is -2.33. The third-order valence-corrected chi connectivity index (χ3v) is 6.31. The van der Waals surface area contributed by atoms with Crippen molar-refractivity contribution in [1.29, 1.82) is 0 Å². The van der Waals surface area contributed by atoms with Gasteiger partial charge in [-0.05, 0) is 38.1 Å². The first kappa shape index (κ1) is 39.4. The molecule has 1 aromatic rings. The summed E-state index contributed by atoms with van der Waals surface area (Å²) in [5, 5.41) is 3.33. The molecule has 1 N–H and O–H groups in total. The van der Waals surface area contributed by atoms with Gasteiger partial charge in [-0.3, -0.25) is 0 Å². The Hall–Kier alpha value is -1.75. The number of ether oxygens (including phenoxy) is 11. The first-order valence-corrected chi connectivity index (χ1v) is 16.1. The molecule has 1 heterocycles. The monoisotopic (exact) mass is 645 g/mol. The molecule has 0 amide bonds. The molecule has 13 nitrogen and oxygen atoms in total.